The zero-order valence-electron chi connectivity index (χ0n) is 64.8. The minimum atomic E-state index is -1.15. The topological polar surface area (TPSA) is 442 Å². The second-order valence-electron chi connectivity index (χ2n) is 31.5. The molecule has 13 N–H and O–H groups in total. The van der Waals surface area contributed by atoms with Crippen LogP contribution < -0.4 is 17.6 Å². The molecule has 0 bridgehead atoms. The van der Waals surface area contributed by atoms with E-state index in [0.29, 0.717) is 106 Å². The first-order valence-electron chi connectivity index (χ1n) is 38.1. The van der Waals surface area contributed by atoms with Gasteiger partial charge in [-0.15, -0.1) is 0 Å². The van der Waals surface area contributed by atoms with Crippen LogP contribution in [0.3, 0.4) is 0 Å². The van der Waals surface area contributed by atoms with E-state index in [1.165, 1.54) is 25.3 Å². The monoisotopic (exact) mass is 1780 g/mol. The number of anilines is 2. The number of rotatable bonds is 10. The predicted octanol–water partition coefficient (Wildman–Crippen LogP) is 12.7. The molecule has 8 aromatic heterocycles. The number of halogens is 6. The van der Waals surface area contributed by atoms with Crippen molar-refractivity contribution < 1.29 is 87.5 Å². The molecule has 20 atom stereocenters. The molecule has 12 aromatic rings. The summed E-state index contributed by atoms with van der Waals surface area (Å²) in [6.45, 7) is 12.4. The highest BCUT2D eigenvalue weighted by atomic mass is 35.5. The van der Waals surface area contributed by atoms with Gasteiger partial charge in [-0.3, -0.25) is 0 Å². The normalized spacial score (nSPS) is 29.8. The Hall–Kier alpha value is -8.06. The van der Waals surface area contributed by atoms with Crippen molar-refractivity contribution in [2.75, 3.05) is 11.5 Å². The van der Waals surface area contributed by atoms with Gasteiger partial charge in [0.25, 0.3) is 0 Å². The number of hydrogen-bond donors (Lipinski definition) is 7. The Kier molecular flexibility index (Phi) is 23.9. The molecular formula is C82H87Cl6N15O18. The van der Waals surface area contributed by atoms with Gasteiger partial charge in [-0.2, -0.15) is 0 Å². The molecule has 7 fully saturated rings. The lowest BCUT2D eigenvalue weighted by Crippen LogP contribution is -2.34. The van der Waals surface area contributed by atoms with Crippen LogP contribution >= 0.6 is 69.6 Å². The van der Waals surface area contributed by atoms with E-state index in [9.17, 15) is 20.4 Å². The number of hydrogen-bond acceptors (Lipinski definition) is 28. The number of ether oxygens (including phenoxy) is 13. The fourth-order valence-corrected chi connectivity index (χ4v) is 19.0. The summed E-state index contributed by atoms with van der Waals surface area (Å²) in [5.74, 6) is -1.54. The average molecular weight is 1780 g/mol. The molecule has 640 valence electrons. The van der Waals surface area contributed by atoms with Gasteiger partial charge in [0.1, 0.15) is 168 Å². The third-order valence-corrected chi connectivity index (χ3v) is 24.4. The van der Waals surface area contributed by atoms with Crippen molar-refractivity contribution in [2.45, 2.75) is 215 Å². The summed E-state index contributed by atoms with van der Waals surface area (Å²) in [4.78, 5) is 33.5. The van der Waals surface area contributed by atoms with Crippen LogP contribution in [0.2, 0.25) is 30.4 Å². The molecule has 0 saturated carbocycles. The zero-order valence-corrected chi connectivity index (χ0v) is 69.4. The van der Waals surface area contributed by atoms with Crippen LogP contribution in [0.25, 0.3) is 44.1 Å². The summed E-state index contributed by atoms with van der Waals surface area (Å²) < 4.78 is 88.2. The molecule has 0 spiro atoms. The number of aliphatic hydroxyl groups is 4. The molecule has 0 aliphatic carbocycles. The van der Waals surface area contributed by atoms with E-state index in [0.717, 1.165) is 44.2 Å². The Morgan fingerprint density at radius 1 is 0.413 bits per heavy atom. The van der Waals surface area contributed by atoms with Gasteiger partial charge in [0.2, 0.25) is 0 Å². The summed E-state index contributed by atoms with van der Waals surface area (Å²) in [7, 11) is 0. The van der Waals surface area contributed by atoms with Crippen molar-refractivity contribution in [3.05, 3.63) is 222 Å². The molecule has 10 aliphatic heterocycles. The van der Waals surface area contributed by atoms with Gasteiger partial charge in [0.05, 0.1) is 48.0 Å². The Morgan fingerprint density at radius 3 is 1.18 bits per heavy atom. The second kappa shape index (κ2) is 33.5. The van der Waals surface area contributed by atoms with E-state index < -0.39 is 91.1 Å². The number of nitrogens with zero attached hydrogens (tertiary/aromatic N) is 12. The average Bonchev–Trinajstić information content (AvgIpc) is 1.59. The first-order chi connectivity index (χ1) is 56.6. The third-order valence-electron chi connectivity index (χ3n) is 22.9. The second-order valence-corrected chi connectivity index (χ2v) is 34.0. The highest BCUT2D eigenvalue weighted by molar-refractivity contribution is 6.34. The van der Waals surface area contributed by atoms with Crippen molar-refractivity contribution in [1.82, 2.24) is 64.3 Å². The molecule has 18 heterocycles. The zero-order chi connectivity index (χ0) is 81.9. The van der Waals surface area contributed by atoms with Crippen LogP contribution in [-0.4, -0.2) is 175 Å². The lowest BCUT2D eigenvalue weighted by Gasteiger charge is -2.28. The van der Waals surface area contributed by atoms with E-state index in [1.807, 2.05) is 134 Å². The van der Waals surface area contributed by atoms with E-state index in [1.54, 1.807) is 47.3 Å². The molecule has 0 amide bonds. The highest BCUT2D eigenvalue weighted by Crippen LogP contribution is 2.54. The summed E-state index contributed by atoms with van der Waals surface area (Å²) in [6, 6.07) is 29.4. The van der Waals surface area contributed by atoms with Crippen molar-refractivity contribution in [1.29, 1.82) is 0 Å². The van der Waals surface area contributed by atoms with Gasteiger partial charge >= 0.3 is 0 Å². The number of nitrogen functional groups attached to an aromatic ring is 2. The van der Waals surface area contributed by atoms with Crippen molar-refractivity contribution in [3.8, 4) is 0 Å². The van der Waals surface area contributed by atoms with E-state index in [-0.39, 0.29) is 74.5 Å². The van der Waals surface area contributed by atoms with E-state index in [2.05, 4.69) is 39.9 Å². The molecule has 10 aliphatic rings. The Labute approximate surface area is 721 Å². The van der Waals surface area contributed by atoms with Crippen molar-refractivity contribution in [2.24, 2.45) is 0 Å². The molecule has 39 heteroatoms. The first kappa shape index (κ1) is 86.5. The summed E-state index contributed by atoms with van der Waals surface area (Å²) in [5, 5.41) is 48.4. The van der Waals surface area contributed by atoms with Crippen molar-refractivity contribution in [3.63, 3.8) is 0 Å². The molecule has 22 rings (SSSR count). The molecule has 7 saturated heterocycles. The van der Waals surface area contributed by atoms with Gasteiger partial charge in [-0.1, -0.05) is 101 Å². The lowest BCUT2D eigenvalue weighted by molar-refractivity contribution is -0.210. The van der Waals surface area contributed by atoms with Gasteiger partial charge in [0.15, 0.2) is 42.3 Å². The SMILES string of the molecule is C.CC1(C)O[C@H]2[C@@H](O1)[C@H](n1ccc3c(Cl)ncnc31)O[C@@H]2[C@@H]1OCc2cc(Cl)ccc21.CC1(C)O[C@H]2[C@@H](O1)[C@H](n1ccc3c(Cl)ncnc31)O[C@@H]2[C@H](O)c1ccc(Cl)cc1CO.CC1(C)O[C@H]2[C@@H](O1)[C@H](n1ccc3c(N)ncnc31)O[C@@H]2[C@@H]1OCc2cc(Cl)ccc21.N.Nc1ncnc2c1ccn2[C@@H]1O[C@H]([C@@H]2OCc3cc(Cl)ccc32)[C@@H](O)[C@H]1O.O. The summed E-state index contributed by atoms with van der Waals surface area (Å²) in [5.41, 5.74) is 21.6. The quantitative estimate of drug-likeness (QED) is 0.0625. The molecule has 121 heavy (non-hydrogen) atoms. The summed E-state index contributed by atoms with van der Waals surface area (Å²) >= 11 is 36.9. The Balaban J connectivity index is 0.000000119. The molecule has 4 aromatic carbocycles. The molecular weight excluding hydrogens is 1700 g/mol. The van der Waals surface area contributed by atoms with Crippen LogP contribution in [0, 0.1) is 0 Å². The number of benzene rings is 4. The van der Waals surface area contributed by atoms with Gasteiger partial charge in [0, 0.05) is 44.9 Å². The van der Waals surface area contributed by atoms with Gasteiger partial charge < -0.3 is 123 Å². The van der Waals surface area contributed by atoms with Crippen LogP contribution in [0.15, 0.2) is 147 Å². The first-order valence-corrected chi connectivity index (χ1v) is 40.3. The Bertz CT molecular complexity index is 5690. The molecule has 33 nitrogen and oxygen atoms in total. The third kappa shape index (κ3) is 15.6. The predicted molar refractivity (Wildman–Crippen MR) is 443 cm³/mol. The van der Waals surface area contributed by atoms with Crippen LogP contribution in [0.5, 0.6) is 0 Å². The standard InChI is InChI=1S/C21H21Cl2N3O5.C21H19Cl2N3O4.C21H21ClN4O4.C18H17ClN4O4.CH4.H3N.H2O/c1-21(2)30-16-15(14(28)12-4-3-11(22)7-10(12)8-27)29-20(17(16)31-21)26-6-5-13-18(23)24-9-25-19(13)26;2*1-21(2)29-16-15(14-12-4-3-11(22)7-10(12)8-27-14)28-20(17(16)30-21)26-6-5-13-18(23)24-9-25-19(13)26;19-9-1-2-10-8(5-9)6-26-14(10)15-12(24)13(25)18(27-15)23-4-3-11-16(20)21-7-22-17(11)23;;;/h3-7,9,14-17,20,27-28H,8H2,1-2H3;3-7,9,14-17,20H,8H2,1-2H3;3-7,9,14-17,20H,8H2,1-2H3,(H2,23,24,25);1-5,7,12-15,18,24-25H,6H2,(H2,20,21,22);1H4;1H3;1H2/t3*14-,15-,16-,17-,20-;12-,13+,14+,15-,18+;;;/m1110.../s1. The minimum absolute atomic E-state index is 0. The van der Waals surface area contributed by atoms with Crippen LogP contribution in [-0.2, 0) is 88.0 Å². The Morgan fingerprint density at radius 2 is 0.752 bits per heavy atom. The number of aromatic nitrogens is 12. The highest BCUT2D eigenvalue weighted by Gasteiger charge is 2.62. The number of aliphatic hydroxyl groups excluding tert-OH is 4. The van der Waals surface area contributed by atoms with Crippen LogP contribution in [0.4, 0.5) is 11.6 Å². The maximum atomic E-state index is 11.2. The summed E-state index contributed by atoms with van der Waals surface area (Å²) in [6.07, 6.45) is 1.78. The fraction of sp³-hybridized carbons (Fsp3) is 0.415. The molecule has 0 unspecified atom stereocenters. The van der Waals surface area contributed by atoms with E-state index in [4.69, 9.17) is 143 Å². The maximum Gasteiger partial charge on any atom is 0.164 e. The van der Waals surface area contributed by atoms with Gasteiger partial charge in [-0.05, 0) is 159 Å². The largest absolute Gasteiger partial charge is 0.412 e. The van der Waals surface area contributed by atoms with Crippen LogP contribution in [0.1, 0.15) is 143 Å². The van der Waals surface area contributed by atoms with E-state index >= 15 is 0 Å². The fourth-order valence-electron chi connectivity index (χ4n) is 17.8. The number of fused-ring (bicyclic) bond motifs is 10. The molecule has 0 radical (unpaired) electrons. The maximum absolute atomic E-state index is 11.2. The smallest absolute Gasteiger partial charge is 0.164 e. The number of nitrogens with two attached hydrogens (primary N) is 2. The lowest BCUT2D eigenvalue weighted by atomic mass is 9.95. The minimum Gasteiger partial charge on any atom is -0.412 e. The van der Waals surface area contributed by atoms with Gasteiger partial charge in [-0.25, -0.2) is 39.9 Å². The van der Waals surface area contributed by atoms with Crippen molar-refractivity contribution >= 4 is 125 Å².